The van der Waals surface area contributed by atoms with E-state index in [9.17, 15) is 4.79 Å². The number of aromatic amines is 1. The molecule has 2 aromatic carbocycles. The summed E-state index contributed by atoms with van der Waals surface area (Å²) < 4.78 is 5.44. The van der Waals surface area contributed by atoms with Crippen molar-refractivity contribution in [2.24, 2.45) is 0 Å². The summed E-state index contributed by atoms with van der Waals surface area (Å²) in [6, 6.07) is 19.6. The highest BCUT2D eigenvalue weighted by atomic mass is 16.5. The maximum absolute atomic E-state index is 12.6. The van der Waals surface area contributed by atoms with Crippen molar-refractivity contribution in [1.29, 1.82) is 0 Å². The van der Waals surface area contributed by atoms with E-state index in [0.29, 0.717) is 12.2 Å². The van der Waals surface area contributed by atoms with Crippen molar-refractivity contribution < 1.29 is 9.53 Å². The van der Waals surface area contributed by atoms with Gasteiger partial charge in [0.05, 0.1) is 12.3 Å². The normalized spacial score (nSPS) is 16.4. The Labute approximate surface area is 170 Å². The number of ether oxygens (including phenoxy) is 1. The molecule has 3 aromatic rings. The summed E-state index contributed by atoms with van der Waals surface area (Å²) in [7, 11) is 0. The zero-order chi connectivity index (χ0) is 20.1. The molecule has 0 bridgehead atoms. The summed E-state index contributed by atoms with van der Waals surface area (Å²) in [5.74, 6) is 1.65. The van der Waals surface area contributed by atoms with Crippen molar-refractivity contribution in [1.82, 2.24) is 15.5 Å². The Bertz CT molecular complexity index is 937. The van der Waals surface area contributed by atoms with E-state index >= 15 is 0 Å². The number of nitrogens with zero attached hydrogens (tertiary/aromatic N) is 2. The molecule has 6 heteroatoms. The number of anilines is 1. The van der Waals surface area contributed by atoms with Crippen LogP contribution in [0.5, 0.6) is 5.75 Å². The molecule has 4 rings (SSSR count). The second kappa shape index (κ2) is 8.82. The number of nitrogens with one attached hydrogen (secondary N) is 2. The number of aromatic nitrogens is 2. The molecule has 2 heterocycles. The van der Waals surface area contributed by atoms with Gasteiger partial charge in [-0.1, -0.05) is 30.3 Å². The second-order valence-electron chi connectivity index (χ2n) is 7.22. The minimum atomic E-state index is -0.0492. The number of hydrogen-bond acceptors (Lipinski definition) is 4. The van der Waals surface area contributed by atoms with Crippen LogP contribution in [0.4, 0.5) is 5.82 Å². The predicted molar refractivity (Wildman–Crippen MR) is 114 cm³/mol. The Morgan fingerprint density at radius 1 is 1.21 bits per heavy atom. The van der Waals surface area contributed by atoms with Crippen molar-refractivity contribution in [3.05, 3.63) is 66.2 Å². The Kier molecular flexibility index (Phi) is 5.79. The van der Waals surface area contributed by atoms with Gasteiger partial charge in [0, 0.05) is 30.8 Å². The minimum Gasteiger partial charge on any atom is -0.494 e. The van der Waals surface area contributed by atoms with Crippen molar-refractivity contribution in [3.63, 3.8) is 0 Å². The summed E-state index contributed by atoms with van der Waals surface area (Å²) >= 11 is 0. The van der Waals surface area contributed by atoms with Gasteiger partial charge in [0.25, 0.3) is 5.91 Å². The third-order valence-electron chi connectivity index (χ3n) is 5.16. The Morgan fingerprint density at radius 3 is 2.76 bits per heavy atom. The molecule has 150 valence electrons. The van der Waals surface area contributed by atoms with E-state index in [1.807, 2.05) is 37.3 Å². The van der Waals surface area contributed by atoms with Crippen LogP contribution in [0.15, 0.2) is 60.7 Å². The number of carbonyl (C=O) groups is 1. The lowest BCUT2D eigenvalue weighted by Gasteiger charge is -2.33. The molecule has 1 aromatic heterocycles. The first-order valence-electron chi connectivity index (χ1n) is 10.1. The number of rotatable bonds is 6. The molecule has 1 saturated heterocycles. The van der Waals surface area contributed by atoms with Gasteiger partial charge in [-0.25, -0.2) is 0 Å². The number of amides is 1. The van der Waals surface area contributed by atoms with Gasteiger partial charge in [0.1, 0.15) is 5.75 Å². The summed E-state index contributed by atoms with van der Waals surface area (Å²) in [5, 5.41) is 10.8. The number of carbonyl (C=O) groups excluding carboxylic acids is 1. The van der Waals surface area contributed by atoms with Gasteiger partial charge in [-0.2, -0.15) is 5.10 Å². The summed E-state index contributed by atoms with van der Waals surface area (Å²) in [5.41, 5.74) is 2.77. The Balaban J connectivity index is 1.38. The number of hydrogen-bond donors (Lipinski definition) is 2. The van der Waals surface area contributed by atoms with Crippen LogP contribution in [0.25, 0.3) is 11.3 Å². The van der Waals surface area contributed by atoms with E-state index in [2.05, 4.69) is 38.6 Å². The molecule has 6 nitrogen and oxygen atoms in total. The third-order valence-corrected chi connectivity index (χ3v) is 5.16. The van der Waals surface area contributed by atoms with Crippen molar-refractivity contribution in [3.8, 4) is 17.0 Å². The molecule has 29 heavy (non-hydrogen) atoms. The summed E-state index contributed by atoms with van der Waals surface area (Å²) in [6.07, 6.45) is 1.98. The predicted octanol–water partition coefficient (Wildman–Crippen LogP) is 3.87. The molecule has 1 atom stereocenters. The molecule has 2 N–H and O–H groups in total. The molecule has 0 aliphatic carbocycles. The first-order chi connectivity index (χ1) is 14.2. The Morgan fingerprint density at radius 2 is 2.00 bits per heavy atom. The SMILES string of the molecule is CCOc1ccc(C(=O)NC2CCCN(c3cc(-c4ccccc4)[nH]n3)C2)cc1. The molecular weight excluding hydrogens is 364 g/mol. The van der Waals surface area contributed by atoms with Crippen molar-refractivity contribution in [2.75, 3.05) is 24.6 Å². The van der Waals surface area contributed by atoms with E-state index in [1.54, 1.807) is 12.1 Å². The van der Waals surface area contributed by atoms with Gasteiger partial charge in [-0.05, 0) is 49.6 Å². The largest absolute Gasteiger partial charge is 0.494 e. The number of H-pyrrole nitrogens is 1. The number of piperidine rings is 1. The van der Waals surface area contributed by atoms with Crippen LogP contribution in [-0.2, 0) is 0 Å². The van der Waals surface area contributed by atoms with Gasteiger partial charge >= 0.3 is 0 Å². The fourth-order valence-electron chi connectivity index (χ4n) is 3.68. The van der Waals surface area contributed by atoms with E-state index in [-0.39, 0.29) is 11.9 Å². The molecular formula is C23H26N4O2. The van der Waals surface area contributed by atoms with Crippen LogP contribution >= 0.6 is 0 Å². The van der Waals surface area contributed by atoms with E-state index in [0.717, 1.165) is 48.8 Å². The molecule has 0 saturated carbocycles. The Hall–Kier alpha value is -3.28. The maximum Gasteiger partial charge on any atom is 0.251 e. The lowest BCUT2D eigenvalue weighted by Crippen LogP contribution is -2.48. The first-order valence-corrected chi connectivity index (χ1v) is 10.1. The molecule has 1 unspecified atom stereocenters. The highest BCUT2D eigenvalue weighted by molar-refractivity contribution is 5.94. The average molecular weight is 390 g/mol. The average Bonchev–Trinajstić information content (AvgIpc) is 3.26. The topological polar surface area (TPSA) is 70.2 Å². The molecule has 0 radical (unpaired) electrons. The van der Waals surface area contributed by atoms with Crippen LogP contribution in [0.2, 0.25) is 0 Å². The monoisotopic (exact) mass is 390 g/mol. The fourth-order valence-corrected chi connectivity index (χ4v) is 3.68. The van der Waals surface area contributed by atoms with Crippen molar-refractivity contribution >= 4 is 11.7 Å². The zero-order valence-electron chi connectivity index (χ0n) is 16.6. The van der Waals surface area contributed by atoms with Gasteiger partial charge in [0.15, 0.2) is 5.82 Å². The van der Waals surface area contributed by atoms with E-state index in [1.165, 1.54) is 0 Å². The third kappa shape index (κ3) is 4.59. The minimum absolute atomic E-state index is 0.0492. The standard InChI is InChI=1S/C23H26N4O2/c1-2-29-20-12-10-18(11-13-20)23(28)24-19-9-6-14-27(16-19)22-15-21(25-26-22)17-7-4-3-5-8-17/h3-5,7-8,10-13,15,19H,2,6,9,14,16H2,1H3,(H,24,28)(H,25,26). The molecule has 1 aliphatic rings. The number of benzene rings is 2. The van der Waals surface area contributed by atoms with E-state index in [4.69, 9.17) is 4.74 Å². The molecule has 1 aliphatic heterocycles. The quantitative estimate of drug-likeness (QED) is 0.670. The van der Waals surface area contributed by atoms with Crippen LogP contribution in [-0.4, -0.2) is 41.8 Å². The smallest absolute Gasteiger partial charge is 0.251 e. The summed E-state index contributed by atoms with van der Waals surface area (Å²) in [4.78, 5) is 14.9. The summed E-state index contributed by atoms with van der Waals surface area (Å²) in [6.45, 7) is 4.25. The molecule has 1 amide bonds. The van der Waals surface area contributed by atoms with Crippen molar-refractivity contribution in [2.45, 2.75) is 25.8 Å². The second-order valence-corrected chi connectivity index (χ2v) is 7.22. The van der Waals surface area contributed by atoms with Gasteiger partial charge in [-0.3, -0.25) is 9.89 Å². The van der Waals surface area contributed by atoms with Gasteiger partial charge < -0.3 is 15.0 Å². The zero-order valence-corrected chi connectivity index (χ0v) is 16.6. The van der Waals surface area contributed by atoms with Gasteiger partial charge in [0.2, 0.25) is 0 Å². The maximum atomic E-state index is 12.6. The van der Waals surface area contributed by atoms with Crippen LogP contribution in [0.1, 0.15) is 30.1 Å². The van der Waals surface area contributed by atoms with Crippen LogP contribution in [0.3, 0.4) is 0 Å². The first kappa shape index (κ1) is 19.1. The van der Waals surface area contributed by atoms with Crippen LogP contribution in [0, 0.1) is 0 Å². The van der Waals surface area contributed by atoms with Gasteiger partial charge in [-0.15, -0.1) is 0 Å². The highest BCUT2D eigenvalue weighted by Gasteiger charge is 2.23. The lowest BCUT2D eigenvalue weighted by molar-refractivity contribution is 0.0933. The lowest BCUT2D eigenvalue weighted by atomic mass is 10.0. The molecule has 0 spiro atoms. The van der Waals surface area contributed by atoms with Crippen LogP contribution < -0.4 is 15.0 Å². The fraction of sp³-hybridized carbons (Fsp3) is 0.304. The van der Waals surface area contributed by atoms with E-state index < -0.39 is 0 Å². The molecule has 1 fully saturated rings. The highest BCUT2D eigenvalue weighted by Crippen LogP contribution is 2.24.